The van der Waals surface area contributed by atoms with Gasteiger partial charge in [0.2, 0.25) is 0 Å². The van der Waals surface area contributed by atoms with Crippen molar-refractivity contribution in [3.05, 3.63) is 18.2 Å². The SMILES string of the molecule is CN(Cc1nccn1C)CC1CC(C)(C)CCC1=O. The quantitative estimate of drug-likeness (QED) is 0.836. The average molecular weight is 263 g/mol. The first-order valence-electron chi connectivity index (χ1n) is 7.05. The number of imidazole rings is 1. The molecule has 0 N–H and O–H groups in total. The maximum absolute atomic E-state index is 12.0. The van der Waals surface area contributed by atoms with Crippen LogP contribution in [0.1, 0.15) is 38.9 Å². The molecule has 1 aromatic rings. The average Bonchev–Trinajstić information content (AvgIpc) is 2.69. The van der Waals surface area contributed by atoms with Crippen molar-refractivity contribution in [1.82, 2.24) is 14.5 Å². The Hall–Kier alpha value is -1.16. The van der Waals surface area contributed by atoms with Crippen LogP contribution in [0, 0.1) is 11.3 Å². The summed E-state index contributed by atoms with van der Waals surface area (Å²) >= 11 is 0. The van der Waals surface area contributed by atoms with Gasteiger partial charge in [0.25, 0.3) is 0 Å². The molecule has 19 heavy (non-hydrogen) atoms. The van der Waals surface area contributed by atoms with Gasteiger partial charge in [0.15, 0.2) is 0 Å². The topological polar surface area (TPSA) is 38.1 Å². The summed E-state index contributed by atoms with van der Waals surface area (Å²) in [4.78, 5) is 18.6. The van der Waals surface area contributed by atoms with E-state index in [1.54, 1.807) is 0 Å². The molecule has 0 amide bonds. The van der Waals surface area contributed by atoms with Gasteiger partial charge in [0.05, 0.1) is 6.54 Å². The standard InChI is InChI=1S/C15H25N3O/c1-15(2)6-5-13(19)12(9-15)10-17(3)11-14-16-7-8-18(14)4/h7-8,12H,5-6,9-11H2,1-4H3. The zero-order valence-corrected chi connectivity index (χ0v) is 12.5. The van der Waals surface area contributed by atoms with Gasteiger partial charge in [0, 0.05) is 38.3 Å². The molecule has 0 aromatic carbocycles. The number of carbonyl (C=O) groups excluding carboxylic acids is 1. The van der Waals surface area contributed by atoms with Crippen LogP contribution in [0.5, 0.6) is 0 Å². The molecule has 1 fully saturated rings. The van der Waals surface area contributed by atoms with Gasteiger partial charge >= 0.3 is 0 Å². The van der Waals surface area contributed by atoms with Crippen molar-refractivity contribution >= 4 is 5.78 Å². The van der Waals surface area contributed by atoms with E-state index in [1.807, 2.05) is 24.0 Å². The minimum absolute atomic E-state index is 0.189. The van der Waals surface area contributed by atoms with Crippen molar-refractivity contribution in [2.75, 3.05) is 13.6 Å². The van der Waals surface area contributed by atoms with E-state index in [9.17, 15) is 4.79 Å². The van der Waals surface area contributed by atoms with E-state index in [2.05, 4.69) is 30.8 Å². The monoisotopic (exact) mass is 263 g/mol. The Bertz CT molecular complexity index is 450. The Morgan fingerprint density at radius 1 is 1.53 bits per heavy atom. The lowest BCUT2D eigenvalue weighted by Crippen LogP contribution is -2.37. The lowest BCUT2D eigenvalue weighted by Gasteiger charge is -2.35. The van der Waals surface area contributed by atoms with E-state index < -0.39 is 0 Å². The second-order valence-corrected chi connectivity index (χ2v) is 6.68. The van der Waals surface area contributed by atoms with Crippen LogP contribution in [0.4, 0.5) is 0 Å². The molecule has 106 valence electrons. The fourth-order valence-corrected chi connectivity index (χ4v) is 2.95. The Morgan fingerprint density at radius 3 is 2.89 bits per heavy atom. The Labute approximate surface area is 115 Å². The molecule has 1 unspecified atom stereocenters. The molecule has 1 saturated carbocycles. The predicted octanol–water partition coefficient (Wildman–Crippen LogP) is 2.25. The summed E-state index contributed by atoms with van der Waals surface area (Å²) < 4.78 is 2.03. The molecule has 0 bridgehead atoms. The van der Waals surface area contributed by atoms with Crippen LogP contribution in [0.15, 0.2) is 12.4 Å². The van der Waals surface area contributed by atoms with Gasteiger partial charge in [-0.1, -0.05) is 13.8 Å². The van der Waals surface area contributed by atoms with Crippen LogP contribution >= 0.6 is 0 Å². The first-order chi connectivity index (χ1) is 8.87. The molecule has 0 saturated heterocycles. The van der Waals surface area contributed by atoms with E-state index in [0.717, 1.165) is 38.2 Å². The third kappa shape index (κ3) is 3.66. The van der Waals surface area contributed by atoms with E-state index in [-0.39, 0.29) is 5.92 Å². The Morgan fingerprint density at radius 2 is 2.26 bits per heavy atom. The molecule has 0 aliphatic heterocycles. The summed E-state index contributed by atoms with van der Waals surface area (Å²) in [7, 11) is 4.08. The molecule has 1 aromatic heterocycles. The molecule has 4 heteroatoms. The number of rotatable bonds is 4. The second kappa shape index (κ2) is 5.45. The number of aromatic nitrogens is 2. The van der Waals surface area contributed by atoms with Gasteiger partial charge in [-0.05, 0) is 25.3 Å². The highest BCUT2D eigenvalue weighted by atomic mass is 16.1. The van der Waals surface area contributed by atoms with Crippen molar-refractivity contribution in [1.29, 1.82) is 0 Å². The highest BCUT2D eigenvalue weighted by molar-refractivity contribution is 5.82. The molecule has 1 aliphatic carbocycles. The molecule has 1 heterocycles. The largest absolute Gasteiger partial charge is 0.337 e. The lowest BCUT2D eigenvalue weighted by molar-refractivity contribution is -0.127. The summed E-state index contributed by atoms with van der Waals surface area (Å²) in [6, 6.07) is 0. The summed E-state index contributed by atoms with van der Waals surface area (Å²) in [5, 5.41) is 0. The predicted molar refractivity (Wildman–Crippen MR) is 75.7 cm³/mol. The normalized spacial score (nSPS) is 23.0. The molecule has 1 atom stereocenters. The molecule has 1 aliphatic rings. The van der Waals surface area contributed by atoms with Crippen molar-refractivity contribution in [3.63, 3.8) is 0 Å². The Kier molecular flexibility index (Phi) is 4.09. The summed E-state index contributed by atoms with van der Waals surface area (Å²) in [5.74, 6) is 1.67. The molecule has 2 rings (SSSR count). The molecule has 0 spiro atoms. The van der Waals surface area contributed by atoms with E-state index in [0.29, 0.717) is 11.2 Å². The smallest absolute Gasteiger partial charge is 0.137 e. The first-order valence-corrected chi connectivity index (χ1v) is 7.05. The number of Topliss-reactive ketones (excluding diaryl/α,β-unsaturated/α-hetero) is 1. The fraction of sp³-hybridized carbons (Fsp3) is 0.733. The van der Waals surface area contributed by atoms with E-state index in [4.69, 9.17) is 0 Å². The van der Waals surface area contributed by atoms with Gasteiger partial charge < -0.3 is 4.57 Å². The van der Waals surface area contributed by atoms with Crippen molar-refractivity contribution < 1.29 is 4.79 Å². The minimum atomic E-state index is 0.189. The minimum Gasteiger partial charge on any atom is -0.337 e. The first kappa shape index (κ1) is 14.3. The molecular weight excluding hydrogens is 238 g/mol. The summed E-state index contributed by atoms with van der Waals surface area (Å²) in [5.41, 5.74) is 0.308. The maximum Gasteiger partial charge on any atom is 0.137 e. The number of aryl methyl sites for hydroxylation is 1. The van der Waals surface area contributed by atoms with Crippen molar-refractivity contribution in [3.8, 4) is 0 Å². The fourth-order valence-electron chi connectivity index (χ4n) is 2.95. The van der Waals surface area contributed by atoms with Gasteiger partial charge in [-0.2, -0.15) is 0 Å². The zero-order chi connectivity index (χ0) is 14.0. The van der Waals surface area contributed by atoms with Gasteiger partial charge in [-0.3, -0.25) is 9.69 Å². The molecule has 4 nitrogen and oxygen atoms in total. The third-order valence-electron chi connectivity index (χ3n) is 4.17. The lowest BCUT2D eigenvalue weighted by atomic mass is 9.71. The van der Waals surface area contributed by atoms with Gasteiger partial charge in [-0.15, -0.1) is 0 Å². The highest BCUT2D eigenvalue weighted by Crippen LogP contribution is 2.37. The van der Waals surface area contributed by atoms with Gasteiger partial charge in [-0.25, -0.2) is 4.98 Å². The van der Waals surface area contributed by atoms with Crippen LogP contribution in [0.25, 0.3) is 0 Å². The van der Waals surface area contributed by atoms with E-state index in [1.165, 1.54) is 0 Å². The van der Waals surface area contributed by atoms with Crippen molar-refractivity contribution in [2.24, 2.45) is 18.4 Å². The van der Waals surface area contributed by atoms with E-state index >= 15 is 0 Å². The maximum atomic E-state index is 12.0. The Balaban J connectivity index is 1.92. The third-order valence-corrected chi connectivity index (χ3v) is 4.17. The summed E-state index contributed by atoms with van der Waals surface area (Å²) in [6.45, 7) is 6.18. The number of ketones is 1. The van der Waals surface area contributed by atoms with Gasteiger partial charge in [0.1, 0.15) is 11.6 Å². The van der Waals surface area contributed by atoms with Crippen LogP contribution in [-0.2, 0) is 18.4 Å². The van der Waals surface area contributed by atoms with Crippen LogP contribution in [0.2, 0.25) is 0 Å². The number of carbonyl (C=O) groups is 1. The molecule has 0 radical (unpaired) electrons. The highest BCUT2D eigenvalue weighted by Gasteiger charge is 2.33. The van der Waals surface area contributed by atoms with Crippen molar-refractivity contribution in [2.45, 2.75) is 39.7 Å². The zero-order valence-electron chi connectivity index (χ0n) is 12.5. The number of nitrogens with zero attached hydrogens (tertiary/aromatic N) is 3. The molecular formula is C15H25N3O. The van der Waals surface area contributed by atoms with Crippen LogP contribution in [0.3, 0.4) is 0 Å². The van der Waals surface area contributed by atoms with Crippen LogP contribution in [-0.4, -0.2) is 33.8 Å². The summed E-state index contributed by atoms with van der Waals surface area (Å²) in [6.07, 6.45) is 6.56. The number of hydrogen-bond acceptors (Lipinski definition) is 3. The van der Waals surface area contributed by atoms with Crippen LogP contribution < -0.4 is 0 Å². The second-order valence-electron chi connectivity index (χ2n) is 6.68. The number of hydrogen-bond donors (Lipinski definition) is 0.